The molecule has 2 N–H and O–H groups in total. The fourth-order valence-electron chi connectivity index (χ4n) is 2.50. The Balaban J connectivity index is 1.96. The molecule has 144 valence electrons. The minimum absolute atomic E-state index is 0.0181. The summed E-state index contributed by atoms with van der Waals surface area (Å²) in [6.45, 7) is 0. The highest BCUT2D eigenvalue weighted by atomic mass is 19.4. The number of benzene rings is 2. The lowest BCUT2D eigenvalue weighted by Gasteiger charge is -2.16. The molecule has 0 aliphatic heterocycles. The van der Waals surface area contributed by atoms with Gasteiger partial charge in [-0.05, 0) is 23.6 Å². The number of carbonyl (C=O) groups excluding carboxylic acids is 1. The number of halogens is 3. The van der Waals surface area contributed by atoms with E-state index in [0.29, 0.717) is 0 Å². The van der Waals surface area contributed by atoms with Crippen molar-refractivity contribution in [2.24, 2.45) is 0 Å². The monoisotopic (exact) mass is 381 g/mol. The van der Waals surface area contributed by atoms with Crippen molar-refractivity contribution < 1.29 is 32.6 Å². The molecule has 0 radical (unpaired) electrons. The Bertz CT molecular complexity index is 778. The summed E-state index contributed by atoms with van der Waals surface area (Å²) in [4.78, 5) is 23.4. The van der Waals surface area contributed by atoms with Crippen LogP contribution in [0.15, 0.2) is 54.6 Å². The molecule has 2 aromatic carbocycles. The lowest BCUT2D eigenvalue weighted by molar-refractivity contribution is -0.274. The molecule has 1 amide bonds. The van der Waals surface area contributed by atoms with Crippen molar-refractivity contribution in [3.8, 4) is 5.75 Å². The number of carboxylic acids is 1. The van der Waals surface area contributed by atoms with E-state index in [1.807, 2.05) is 0 Å². The van der Waals surface area contributed by atoms with Gasteiger partial charge in [-0.15, -0.1) is 13.2 Å². The van der Waals surface area contributed by atoms with Gasteiger partial charge < -0.3 is 15.2 Å². The third-order valence-corrected chi connectivity index (χ3v) is 3.74. The van der Waals surface area contributed by atoms with Gasteiger partial charge in [-0.1, -0.05) is 48.5 Å². The quantitative estimate of drug-likeness (QED) is 0.736. The van der Waals surface area contributed by atoms with Crippen LogP contribution in [0.5, 0.6) is 5.75 Å². The second-order valence-electron chi connectivity index (χ2n) is 5.80. The predicted molar refractivity (Wildman–Crippen MR) is 91.2 cm³/mol. The van der Waals surface area contributed by atoms with Gasteiger partial charge in [-0.25, -0.2) is 4.79 Å². The van der Waals surface area contributed by atoms with Crippen molar-refractivity contribution in [3.05, 3.63) is 65.7 Å². The van der Waals surface area contributed by atoms with Crippen LogP contribution in [-0.2, 0) is 22.4 Å². The lowest BCUT2D eigenvalue weighted by Crippen LogP contribution is -2.42. The molecule has 0 heterocycles. The van der Waals surface area contributed by atoms with E-state index in [1.165, 1.54) is 18.2 Å². The molecular weight excluding hydrogens is 363 g/mol. The number of hydrogen-bond donors (Lipinski definition) is 2. The second-order valence-corrected chi connectivity index (χ2v) is 5.80. The number of aryl methyl sites for hydroxylation is 1. The Labute approximate surface area is 153 Å². The fourth-order valence-corrected chi connectivity index (χ4v) is 2.50. The lowest BCUT2D eigenvalue weighted by atomic mass is 10.0. The van der Waals surface area contributed by atoms with E-state index in [2.05, 4.69) is 10.1 Å². The molecule has 2 rings (SSSR count). The number of carbonyl (C=O) groups is 2. The Morgan fingerprint density at radius 2 is 1.67 bits per heavy atom. The molecule has 5 nitrogen and oxygen atoms in total. The predicted octanol–water partition coefficient (Wildman–Crippen LogP) is 3.33. The summed E-state index contributed by atoms with van der Waals surface area (Å²) in [5.41, 5.74) is 0.953. The maximum atomic E-state index is 12.4. The van der Waals surface area contributed by atoms with Crippen molar-refractivity contribution in [3.63, 3.8) is 0 Å². The van der Waals surface area contributed by atoms with Crippen LogP contribution >= 0.6 is 0 Å². The molecule has 1 atom stereocenters. The maximum Gasteiger partial charge on any atom is 0.573 e. The Kier molecular flexibility index (Phi) is 6.81. The Morgan fingerprint density at radius 1 is 1.04 bits per heavy atom. The minimum Gasteiger partial charge on any atom is -0.480 e. The number of ether oxygens (including phenoxy) is 1. The number of nitrogens with one attached hydrogen (secondary N) is 1. The van der Waals surface area contributed by atoms with E-state index in [9.17, 15) is 27.9 Å². The van der Waals surface area contributed by atoms with Crippen molar-refractivity contribution in [1.29, 1.82) is 0 Å². The summed E-state index contributed by atoms with van der Waals surface area (Å²) in [6.07, 6.45) is -4.91. The Morgan fingerprint density at radius 3 is 2.30 bits per heavy atom. The molecule has 8 heteroatoms. The summed E-state index contributed by atoms with van der Waals surface area (Å²) >= 11 is 0. The molecule has 2 aromatic rings. The van der Waals surface area contributed by atoms with Gasteiger partial charge in [-0.2, -0.15) is 0 Å². The molecule has 1 unspecified atom stereocenters. The first kappa shape index (κ1) is 20.3. The molecule has 0 saturated heterocycles. The highest BCUT2D eigenvalue weighted by molar-refractivity contribution is 5.83. The third-order valence-electron chi connectivity index (χ3n) is 3.74. The van der Waals surface area contributed by atoms with Crippen molar-refractivity contribution in [1.82, 2.24) is 5.32 Å². The van der Waals surface area contributed by atoms with Crippen LogP contribution in [0.4, 0.5) is 13.2 Å². The standard InChI is InChI=1S/C19H18F3NO4/c20-19(21,22)27-16-9-5-4-8-14(16)10-11-17(24)23-15(18(25)26)12-13-6-2-1-3-7-13/h1-9,15H,10-12H2,(H,23,24)(H,25,26). The van der Waals surface area contributed by atoms with E-state index in [4.69, 9.17) is 0 Å². The number of rotatable bonds is 8. The van der Waals surface area contributed by atoms with Crippen molar-refractivity contribution >= 4 is 11.9 Å². The number of para-hydroxylation sites is 1. The van der Waals surface area contributed by atoms with Crippen LogP contribution in [0, 0.1) is 0 Å². The van der Waals surface area contributed by atoms with Crippen molar-refractivity contribution in [2.75, 3.05) is 0 Å². The summed E-state index contributed by atoms with van der Waals surface area (Å²) < 4.78 is 41.2. The maximum absolute atomic E-state index is 12.4. The number of amides is 1. The molecule has 0 aromatic heterocycles. The van der Waals surface area contributed by atoms with E-state index >= 15 is 0 Å². The number of alkyl halides is 3. The first-order valence-electron chi connectivity index (χ1n) is 8.14. The molecule has 27 heavy (non-hydrogen) atoms. The van der Waals surface area contributed by atoms with E-state index in [0.717, 1.165) is 11.6 Å². The van der Waals surface area contributed by atoms with Crippen LogP contribution in [-0.4, -0.2) is 29.4 Å². The highest BCUT2D eigenvalue weighted by Gasteiger charge is 2.32. The van der Waals surface area contributed by atoms with E-state index in [1.54, 1.807) is 30.3 Å². The molecule has 0 spiro atoms. The molecule has 0 bridgehead atoms. The summed E-state index contributed by atoms with van der Waals surface area (Å²) in [5.74, 6) is -2.13. The van der Waals surface area contributed by atoms with Gasteiger partial charge >= 0.3 is 12.3 Å². The molecule has 0 aliphatic carbocycles. The largest absolute Gasteiger partial charge is 0.573 e. The van der Waals surface area contributed by atoms with Gasteiger partial charge in [0.1, 0.15) is 11.8 Å². The number of aliphatic carboxylic acids is 1. The zero-order valence-corrected chi connectivity index (χ0v) is 14.2. The van der Waals surface area contributed by atoms with E-state index < -0.39 is 24.3 Å². The van der Waals surface area contributed by atoms with Crippen LogP contribution in [0.1, 0.15) is 17.5 Å². The van der Waals surface area contributed by atoms with Crippen LogP contribution in [0.2, 0.25) is 0 Å². The zero-order valence-electron chi connectivity index (χ0n) is 14.2. The van der Waals surface area contributed by atoms with Gasteiger partial charge in [0.15, 0.2) is 0 Å². The summed E-state index contributed by atoms with van der Waals surface area (Å²) in [6, 6.07) is 13.2. The normalized spacial score (nSPS) is 12.3. The second kappa shape index (κ2) is 9.07. The van der Waals surface area contributed by atoms with Gasteiger partial charge in [-0.3, -0.25) is 4.79 Å². The van der Waals surface area contributed by atoms with Crippen LogP contribution in [0.3, 0.4) is 0 Å². The van der Waals surface area contributed by atoms with Crippen LogP contribution in [0.25, 0.3) is 0 Å². The molecule has 0 fully saturated rings. The minimum atomic E-state index is -4.83. The SMILES string of the molecule is O=C(CCc1ccccc1OC(F)(F)F)NC(Cc1ccccc1)C(=O)O. The van der Waals surface area contributed by atoms with Crippen molar-refractivity contribution in [2.45, 2.75) is 31.7 Å². The van der Waals surface area contributed by atoms with Gasteiger partial charge in [0.2, 0.25) is 5.91 Å². The number of hydrogen-bond acceptors (Lipinski definition) is 3. The van der Waals surface area contributed by atoms with Crippen LogP contribution < -0.4 is 10.1 Å². The topological polar surface area (TPSA) is 75.6 Å². The third kappa shape index (κ3) is 7.01. The fraction of sp³-hybridized carbons (Fsp3) is 0.263. The smallest absolute Gasteiger partial charge is 0.480 e. The summed E-state index contributed by atoms with van der Waals surface area (Å²) in [7, 11) is 0. The molecular formula is C19H18F3NO4. The molecule has 0 saturated carbocycles. The van der Waals surface area contributed by atoms with E-state index in [-0.39, 0.29) is 30.6 Å². The van der Waals surface area contributed by atoms with Gasteiger partial charge in [0, 0.05) is 12.8 Å². The first-order chi connectivity index (χ1) is 12.7. The zero-order chi connectivity index (χ0) is 19.9. The van der Waals surface area contributed by atoms with Gasteiger partial charge in [0.25, 0.3) is 0 Å². The molecule has 0 aliphatic rings. The Hall–Kier alpha value is -3.03. The number of carboxylic acid groups (broad SMARTS) is 1. The first-order valence-corrected chi connectivity index (χ1v) is 8.14. The summed E-state index contributed by atoms with van der Waals surface area (Å²) in [5, 5.41) is 11.7. The highest BCUT2D eigenvalue weighted by Crippen LogP contribution is 2.27. The average Bonchev–Trinajstić information content (AvgIpc) is 2.60. The van der Waals surface area contributed by atoms with Gasteiger partial charge in [0.05, 0.1) is 0 Å². The average molecular weight is 381 g/mol.